The number of aromatic nitrogens is 2. The fourth-order valence-electron chi connectivity index (χ4n) is 9.90. The van der Waals surface area contributed by atoms with E-state index in [9.17, 15) is 15.2 Å². The van der Waals surface area contributed by atoms with Crippen molar-refractivity contribution in [3.8, 4) is 6.07 Å². The Labute approximate surface area is 201 Å². The zero-order valence-corrected chi connectivity index (χ0v) is 20.8. The van der Waals surface area contributed by atoms with Gasteiger partial charge >= 0.3 is 0 Å². The molecule has 5 aliphatic carbocycles. The zero-order valence-electron chi connectivity index (χ0n) is 20.0. The largest absolute Gasteiger partial charge is 0.390 e. The third-order valence-electron chi connectivity index (χ3n) is 11.1. The lowest BCUT2D eigenvalue weighted by Gasteiger charge is -2.58. The minimum absolute atomic E-state index is 0.0854. The number of rotatable bonds is 3. The third kappa shape index (κ3) is 3.19. The first kappa shape index (κ1) is 22.1. The van der Waals surface area contributed by atoms with Crippen molar-refractivity contribution in [3.63, 3.8) is 0 Å². The van der Waals surface area contributed by atoms with Crippen LogP contribution in [0.15, 0.2) is 6.20 Å². The van der Waals surface area contributed by atoms with Gasteiger partial charge in [-0.1, -0.05) is 25.4 Å². The maximum atomic E-state index is 13.7. The van der Waals surface area contributed by atoms with Gasteiger partial charge in [-0.25, -0.2) is 0 Å². The van der Waals surface area contributed by atoms with E-state index in [1.165, 1.54) is 25.7 Å². The fraction of sp³-hybridized carbons (Fsp3) is 0.815. The number of fused-ring (bicyclic) bond motifs is 7. The van der Waals surface area contributed by atoms with E-state index >= 15 is 0 Å². The van der Waals surface area contributed by atoms with E-state index in [2.05, 4.69) is 25.0 Å². The minimum Gasteiger partial charge on any atom is -0.390 e. The van der Waals surface area contributed by atoms with Gasteiger partial charge in [-0.05, 0) is 105 Å². The van der Waals surface area contributed by atoms with Gasteiger partial charge < -0.3 is 5.11 Å². The van der Waals surface area contributed by atoms with E-state index in [0.717, 1.165) is 37.0 Å². The number of Topliss-reactive ketones (excluding diaryl/α,β-unsaturated/α-hetero) is 1. The molecule has 1 aromatic rings. The van der Waals surface area contributed by atoms with Crippen molar-refractivity contribution < 1.29 is 9.90 Å². The Balaban J connectivity index is 1.25. The summed E-state index contributed by atoms with van der Waals surface area (Å²) in [7, 11) is 0. The predicted octanol–water partition coefficient (Wildman–Crippen LogP) is 5.10. The minimum atomic E-state index is -0.473. The molecular formula is C27H36ClN3O2. The van der Waals surface area contributed by atoms with E-state index in [-0.39, 0.29) is 28.8 Å². The van der Waals surface area contributed by atoms with Crippen molar-refractivity contribution >= 4 is 17.4 Å². The normalized spacial score (nSPS) is 49.9. The van der Waals surface area contributed by atoms with Crippen LogP contribution in [0.2, 0.25) is 5.15 Å². The average Bonchev–Trinajstić information content (AvgIpc) is 3.10. The Morgan fingerprint density at radius 2 is 1.97 bits per heavy atom. The number of carbonyl (C=O) groups is 1. The number of aliphatic hydroxyl groups is 1. The predicted molar refractivity (Wildman–Crippen MR) is 125 cm³/mol. The summed E-state index contributed by atoms with van der Waals surface area (Å²) < 4.78 is 1.58. The quantitative estimate of drug-likeness (QED) is 0.667. The lowest BCUT2D eigenvalue weighted by atomic mass is 9.47. The molecule has 5 saturated carbocycles. The standard InChI is InChI=1S/C27H36ClN3O2/c1-14-21-22(14)24(20(32)13-31-12-16(11-29)25(28)30-31)27(3)9-7-18-17-6-8-26(2,33)10-15(17)4-5-19(18)23(21)27/h12,14-15,17-19,21-24,33H,4-10,13H2,1-3H3/t14-,15+,17-,18+,19+,21+,22-,23+,24-,26+,27-/m0/s1. The number of ketones is 1. The maximum Gasteiger partial charge on any atom is 0.168 e. The number of hydrogen-bond donors (Lipinski definition) is 1. The highest BCUT2D eigenvalue weighted by Gasteiger charge is 2.73. The molecule has 178 valence electrons. The van der Waals surface area contributed by atoms with Crippen LogP contribution >= 0.6 is 11.6 Å². The number of nitrogens with zero attached hydrogens (tertiary/aromatic N) is 3. The third-order valence-corrected chi connectivity index (χ3v) is 11.3. The average molecular weight is 470 g/mol. The van der Waals surface area contributed by atoms with Crippen LogP contribution in [0.25, 0.3) is 0 Å². The van der Waals surface area contributed by atoms with Crippen molar-refractivity contribution in [2.24, 2.45) is 58.7 Å². The second kappa shape index (κ2) is 7.31. The van der Waals surface area contributed by atoms with Gasteiger partial charge in [-0.2, -0.15) is 10.4 Å². The summed E-state index contributed by atoms with van der Waals surface area (Å²) in [6.45, 7) is 7.03. The second-order valence-corrected chi connectivity index (χ2v) is 13.1. The van der Waals surface area contributed by atoms with Crippen LogP contribution in [0.4, 0.5) is 0 Å². The molecule has 0 saturated heterocycles. The summed E-state index contributed by atoms with van der Waals surface area (Å²) in [5, 5.41) is 24.3. The summed E-state index contributed by atoms with van der Waals surface area (Å²) in [5.74, 6) is 5.85. The van der Waals surface area contributed by atoms with Gasteiger partial charge in [0.2, 0.25) is 0 Å². The SMILES string of the molecule is C[C@H]1[C@@H]2[C@H]1[C@H](C(=O)Cn1cc(C#N)c(Cl)n1)[C@@]1(C)CC[C@H]3[C@@H](CC[C@@H]4C[C@](C)(O)CC[C@@H]43)[C@H]21. The van der Waals surface area contributed by atoms with E-state index in [0.29, 0.717) is 35.2 Å². The molecular weight excluding hydrogens is 434 g/mol. The van der Waals surface area contributed by atoms with Crippen LogP contribution in [0.5, 0.6) is 0 Å². The van der Waals surface area contributed by atoms with Crippen LogP contribution in [0.3, 0.4) is 0 Å². The molecule has 5 nitrogen and oxygen atoms in total. The van der Waals surface area contributed by atoms with Gasteiger partial charge in [-0.15, -0.1) is 0 Å². The van der Waals surface area contributed by atoms with Crippen molar-refractivity contribution in [1.29, 1.82) is 5.26 Å². The summed E-state index contributed by atoms with van der Waals surface area (Å²) in [6.07, 6.45) is 9.63. The highest BCUT2D eigenvalue weighted by Crippen LogP contribution is 2.76. The number of carbonyl (C=O) groups excluding carboxylic acids is 1. The molecule has 0 radical (unpaired) electrons. The van der Waals surface area contributed by atoms with Crippen molar-refractivity contribution in [1.82, 2.24) is 9.78 Å². The van der Waals surface area contributed by atoms with Gasteiger partial charge in [0.25, 0.3) is 0 Å². The van der Waals surface area contributed by atoms with E-state index in [1.807, 2.05) is 6.92 Å². The molecule has 5 fully saturated rings. The lowest BCUT2D eigenvalue weighted by Crippen LogP contribution is -2.52. The molecule has 11 atom stereocenters. The smallest absolute Gasteiger partial charge is 0.168 e. The molecule has 0 aromatic carbocycles. The second-order valence-electron chi connectivity index (χ2n) is 12.7. The molecule has 0 amide bonds. The topological polar surface area (TPSA) is 78.9 Å². The maximum absolute atomic E-state index is 13.7. The Kier molecular flexibility index (Phi) is 4.90. The monoisotopic (exact) mass is 469 g/mol. The van der Waals surface area contributed by atoms with Crippen molar-refractivity contribution in [3.05, 3.63) is 16.9 Å². The first-order valence-corrected chi connectivity index (χ1v) is 13.4. The molecule has 0 bridgehead atoms. The summed E-state index contributed by atoms with van der Waals surface area (Å²) in [6, 6.07) is 2.05. The Bertz CT molecular complexity index is 1030. The zero-order chi connectivity index (χ0) is 23.3. The molecule has 33 heavy (non-hydrogen) atoms. The summed E-state index contributed by atoms with van der Waals surface area (Å²) in [5.41, 5.74) is -0.0532. The first-order chi connectivity index (χ1) is 15.6. The van der Waals surface area contributed by atoms with Gasteiger partial charge in [0, 0.05) is 12.1 Å². The van der Waals surface area contributed by atoms with E-state index < -0.39 is 5.60 Å². The molecule has 6 heteroatoms. The Morgan fingerprint density at radius 3 is 2.70 bits per heavy atom. The number of hydrogen-bond acceptors (Lipinski definition) is 4. The van der Waals surface area contributed by atoms with Crippen molar-refractivity contribution in [2.45, 2.75) is 77.9 Å². The molecule has 1 N–H and O–H groups in total. The molecule has 0 spiro atoms. The van der Waals surface area contributed by atoms with E-state index in [1.54, 1.807) is 10.9 Å². The molecule has 6 rings (SSSR count). The molecule has 1 aromatic heterocycles. The van der Waals surface area contributed by atoms with Crippen LogP contribution in [-0.4, -0.2) is 26.3 Å². The molecule has 1 heterocycles. The van der Waals surface area contributed by atoms with Crippen LogP contribution in [0.1, 0.15) is 71.3 Å². The van der Waals surface area contributed by atoms with Gasteiger partial charge in [0.15, 0.2) is 10.9 Å². The highest BCUT2D eigenvalue weighted by atomic mass is 35.5. The summed E-state index contributed by atoms with van der Waals surface area (Å²) >= 11 is 6.05. The van der Waals surface area contributed by atoms with E-state index in [4.69, 9.17) is 11.6 Å². The molecule has 0 aliphatic heterocycles. The van der Waals surface area contributed by atoms with Gasteiger partial charge in [0.05, 0.1) is 12.1 Å². The van der Waals surface area contributed by atoms with Crippen LogP contribution in [0, 0.1) is 70.0 Å². The van der Waals surface area contributed by atoms with Gasteiger partial charge in [0.1, 0.15) is 11.6 Å². The molecule has 5 aliphatic rings. The number of nitriles is 1. The number of halogens is 1. The Hall–Kier alpha value is -1.38. The highest BCUT2D eigenvalue weighted by molar-refractivity contribution is 6.30. The lowest BCUT2D eigenvalue weighted by molar-refractivity contribution is -0.137. The first-order valence-electron chi connectivity index (χ1n) is 13.0. The van der Waals surface area contributed by atoms with Crippen molar-refractivity contribution in [2.75, 3.05) is 0 Å². The fourth-order valence-corrected chi connectivity index (χ4v) is 10.1. The van der Waals surface area contributed by atoms with Gasteiger partial charge in [-0.3, -0.25) is 9.48 Å². The van der Waals surface area contributed by atoms with Crippen LogP contribution in [-0.2, 0) is 11.3 Å². The molecule has 0 unspecified atom stereocenters. The van der Waals surface area contributed by atoms with Crippen LogP contribution < -0.4 is 0 Å². The Morgan fingerprint density at radius 1 is 1.21 bits per heavy atom. The summed E-state index contributed by atoms with van der Waals surface area (Å²) in [4.78, 5) is 13.7.